The molecule has 2 atom stereocenters. The first-order valence-electron chi connectivity index (χ1n) is 10.5. The molecule has 0 aromatic heterocycles. The summed E-state index contributed by atoms with van der Waals surface area (Å²) in [6.07, 6.45) is 4.48. The first kappa shape index (κ1) is 20.6. The van der Waals surface area contributed by atoms with E-state index in [-0.39, 0.29) is 17.9 Å². The molecule has 2 unspecified atom stereocenters. The average molecular weight is 388 g/mol. The van der Waals surface area contributed by atoms with Gasteiger partial charge in [-0.05, 0) is 50.8 Å². The Kier molecular flexibility index (Phi) is 6.94. The lowest BCUT2D eigenvalue weighted by atomic mass is 9.99. The van der Waals surface area contributed by atoms with Gasteiger partial charge >= 0.3 is 0 Å². The molecule has 28 heavy (non-hydrogen) atoms. The third kappa shape index (κ3) is 4.49. The van der Waals surface area contributed by atoms with Gasteiger partial charge < -0.3 is 14.5 Å². The molecule has 0 N–H and O–H groups in total. The molecule has 2 aliphatic heterocycles. The highest BCUT2D eigenvalue weighted by atomic mass is 16.5. The van der Waals surface area contributed by atoms with Gasteiger partial charge in [-0.3, -0.25) is 14.5 Å². The zero-order valence-electron chi connectivity index (χ0n) is 17.4. The van der Waals surface area contributed by atoms with Gasteiger partial charge in [0.15, 0.2) is 0 Å². The second-order valence-electron chi connectivity index (χ2n) is 7.83. The maximum absolute atomic E-state index is 13.1. The standard InChI is InChI=1S/C22H33N3O3/c1-4-19-9-5-6-11-25(19)21(26)17(2)23-12-14-24(15-13-23)22(27)18-8-7-10-20(16-18)28-3/h7-8,10,16-17,19H,4-6,9,11-15H2,1-3H3. The third-order valence-electron chi connectivity index (χ3n) is 6.20. The fraction of sp³-hybridized carbons (Fsp3) is 0.636. The number of hydrogen-bond donors (Lipinski definition) is 0. The van der Waals surface area contributed by atoms with Crippen molar-refractivity contribution >= 4 is 11.8 Å². The number of rotatable bonds is 5. The topological polar surface area (TPSA) is 53.1 Å². The normalized spacial score (nSPS) is 22.0. The van der Waals surface area contributed by atoms with Gasteiger partial charge in [-0.1, -0.05) is 13.0 Å². The molecule has 1 aromatic carbocycles. The van der Waals surface area contributed by atoms with Crippen LogP contribution >= 0.6 is 0 Å². The lowest BCUT2D eigenvalue weighted by Gasteiger charge is -2.42. The summed E-state index contributed by atoms with van der Waals surface area (Å²) in [6.45, 7) is 7.82. The van der Waals surface area contributed by atoms with Gasteiger partial charge in [0.2, 0.25) is 5.91 Å². The summed E-state index contributed by atoms with van der Waals surface area (Å²) < 4.78 is 5.22. The van der Waals surface area contributed by atoms with E-state index in [9.17, 15) is 9.59 Å². The lowest BCUT2D eigenvalue weighted by Crippen LogP contribution is -2.57. The first-order valence-corrected chi connectivity index (χ1v) is 10.5. The van der Waals surface area contributed by atoms with E-state index in [2.05, 4.69) is 16.7 Å². The summed E-state index contributed by atoms with van der Waals surface area (Å²) in [6, 6.07) is 7.55. The van der Waals surface area contributed by atoms with Gasteiger partial charge in [0.1, 0.15) is 5.75 Å². The van der Waals surface area contributed by atoms with Crippen LogP contribution in [0.5, 0.6) is 5.75 Å². The molecule has 2 aliphatic rings. The van der Waals surface area contributed by atoms with E-state index < -0.39 is 0 Å². The van der Waals surface area contributed by atoms with Crippen molar-refractivity contribution in [1.82, 2.24) is 14.7 Å². The fourth-order valence-corrected chi connectivity index (χ4v) is 4.36. The molecule has 0 spiro atoms. The molecule has 2 saturated heterocycles. The molecule has 1 aromatic rings. The number of methoxy groups -OCH3 is 1. The van der Waals surface area contributed by atoms with E-state index in [1.165, 1.54) is 6.42 Å². The van der Waals surface area contributed by atoms with Crippen molar-refractivity contribution in [2.24, 2.45) is 0 Å². The molecule has 3 rings (SSSR count). The summed E-state index contributed by atoms with van der Waals surface area (Å²) >= 11 is 0. The Balaban J connectivity index is 1.56. The van der Waals surface area contributed by atoms with Crippen molar-refractivity contribution < 1.29 is 14.3 Å². The SMILES string of the molecule is CCC1CCCCN1C(=O)C(C)N1CCN(C(=O)c2cccc(OC)c2)CC1. The highest BCUT2D eigenvalue weighted by Gasteiger charge is 2.33. The molecule has 2 amide bonds. The number of amides is 2. The molecular formula is C22H33N3O3. The summed E-state index contributed by atoms with van der Waals surface area (Å²) in [4.78, 5) is 32.0. The van der Waals surface area contributed by atoms with Crippen LogP contribution in [-0.4, -0.2) is 78.4 Å². The largest absolute Gasteiger partial charge is 0.497 e. The number of ether oxygens (including phenoxy) is 1. The van der Waals surface area contributed by atoms with Crippen LogP contribution in [-0.2, 0) is 4.79 Å². The van der Waals surface area contributed by atoms with E-state index >= 15 is 0 Å². The highest BCUT2D eigenvalue weighted by Crippen LogP contribution is 2.22. The fourth-order valence-electron chi connectivity index (χ4n) is 4.36. The second kappa shape index (κ2) is 9.41. The molecule has 0 radical (unpaired) electrons. The predicted octanol–water partition coefficient (Wildman–Crippen LogP) is 2.63. The molecule has 0 saturated carbocycles. The minimum absolute atomic E-state index is 0.0274. The number of carbonyl (C=O) groups is 2. The third-order valence-corrected chi connectivity index (χ3v) is 6.20. The van der Waals surface area contributed by atoms with Gasteiger partial charge in [-0.25, -0.2) is 0 Å². The molecule has 0 aliphatic carbocycles. The van der Waals surface area contributed by atoms with E-state index in [1.54, 1.807) is 13.2 Å². The van der Waals surface area contributed by atoms with E-state index in [0.29, 0.717) is 30.4 Å². The Morgan fingerprint density at radius 2 is 1.89 bits per heavy atom. The van der Waals surface area contributed by atoms with Crippen molar-refractivity contribution in [3.63, 3.8) is 0 Å². The van der Waals surface area contributed by atoms with Gasteiger partial charge in [0.25, 0.3) is 5.91 Å². The minimum Gasteiger partial charge on any atom is -0.497 e. The maximum Gasteiger partial charge on any atom is 0.254 e. The predicted molar refractivity (Wildman–Crippen MR) is 110 cm³/mol. The quantitative estimate of drug-likeness (QED) is 0.779. The molecular weight excluding hydrogens is 354 g/mol. The van der Waals surface area contributed by atoms with Crippen LogP contribution in [0.1, 0.15) is 49.9 Å². The number of likely N-dealkylation sites (tertiary alicyclic amines) is 1. The van der Waals surface area contributed by atoms with Gasteiger partial charge in [0.05, 0.1) is 13.2 Å². The Labute approximate surface area is 168 Å². The first-order chi connectivity index (χ1) is 13.5. The molecule has 6 heteroatoms. The van der Waals surface area contributed by atoms with Crippen LogP contribution in [0.25, 0.3) is 0 Å². The Hall–Kier alpha value is -2.08. The maximum atomic E-state index is 13.1. The van der Waals surface area contributed by atoms with Crippen LogP contribution < -0.4 is 4.74 Å². The Morgan fingerprint density at radius 1 is 1.14 bits per heavy atom. The monoisotopic (exact) mass is 387 g/mol. The van der Waals surface area contributed by atoms with Gasteiger partial charge in [-0.15, -0.1) is 0 Å². The summed E-state index contributed by atoms with van der Waals surface area (Å²) in [5.41, 5.74) is 0.649. The highest BCUT2D eigenvalue weighted by molar-refractivity contribution is 5.94. The van der Waals surface area contributed by atoms with E-state index in [4.69, 9.17) is 4.74 Å². The van der Waals surface area contributed by atoms with Crippen molar-refractivity contribution in [3.8, 4) is 5.75 Å². The second-order valence-corrected chi connectivity index (χ2v) is 7.83. The zero-order chi connectivity index (χ0) is 20.1. The molecule has 6 nitrogen and oxygen atoms in total. The number of piperazine rings is 1. The number of carbonyl (C=O) groups excluding carboxylic acids is 2. The molecule has 2 fully saturated rings. The van der Waals surface area contributed by atoms with Crippen LogP contribution in [0.3, 0.4) is 0 Å². The van der Waals surface area contributed by atoms with Crippen LogP contribution in [0.15, 0.2) is 24.3 Å². The average Bonchev–Trinajstić information content (AvgIpc) is 2.77. The molecule has 154 valence electrons. The van der Waals surface area contributed by atoms with Crippen molar-refractivity contribution in [3.05, 3.63) is 29.8 Å². The van der Waals surface area contributed by atoms with Crippen LogP contribution in [0, 0.1) is 0 Å². The van der Waals surface area contributed by atoms with Crippen LogP contribution in [0.2, 0.25) is 0 Å². The lowest BCUT2D eigenvalue weighted by molar-refractivity contribution is -0.140. The number of benzene rings is 1. The number of piperidine rings is 1. The minimum atomic E-state index is -0.124. The van der Waals surface area contributed by atoms with E-state index in [0.717, 1.165) is 38.9 Å². The summed E-state index contributed by atoms with van der Waals surface area (Å²) in [7, 11) is 1.60. The summed E-state index contributed by atoms with van der Waals surface area (Å²) in [5, 5.41) is 0. The summed E-state index contributed by atoms with van der Waals surface area (Å²) in [5.74, 6) is 0.967. The molecule has 0 bridgehead atoms. The van der Waals surface area contributed by atoms with Gasteiger partial charge in [0, 0.05) is 44.3 Å². The Morgan fingerprint density at radius 3 is 2.57 bits per heavy atom. The number of hydrogen-bond acceptors (Lipinski definition) is 4. The van der Waals surface area contributed by atoms with Crippen molar-refractivity contribution in [2.45, 2.75) is 51.6 Å². The zero-order valence-corrected chi connectivity index (χ0v) is 17.4. The van der Waals surface area contributed by atoms with Crippen LogP contribution in [0.4, 0.5) is 0 Å². The van der Waals surface area contributed by atoms with Gasteiger partial charge in [-0.2, -0.15) is 0 Å². The number of nitrogens with zero attached hydrogens (tertiary/aromatic N) is 3. The van der Waals surface area contributed by atoms with E-state index in [1.807, 2.05) is 30.0 Å². The Bertz CT molecular complexity index is 685. The van der Waals surface area contributed by atoms with Crippen molar-refractivity contribution in [1.29, 1.82) is 0 Å². The molecule has 2 heterocycles. The smallest absolute Gasteiger partial charge is 0.254 e. The van der Waals surface area contributed by atoms with Crippen molar-refractivity contribution in [2.75, 3.05) is 39.8 Å².